The zero-order valence-electron chi connectivity index (χ0n) is 15.3. The number of fused-ring (bicyclic) bond motifs is 1. The standard InChI is InChI=1S/C20H23N3O3/c1-19-8-22-10-20(2,18(19)25)11-23(9-19)17(22)14-7-12-6-13(26-3)4-5-15(12)21-16(14)24/h4-7,17H,8-11H2,1-3H3,(H,21,24). The summed E-state index contributed by atoms with van der Waals surface area (Å²) in [4.78, 5) is 33.3. The van der Waals surface area contributed by atoms with E-state index in [2.05, 4.69) is 28.6 Å². The molecular weight excluding hydrogens is 330 g/mol. The van der Waals surface area contributed by atoms with Crippen LogP contribution in [-0.4, -0.2) is 53.9 Å². The Morgan fingerprint density at radius 2 is 1.65 bits per heavy atom. The van der Waals surface area contributed by atoms with Gasteiger partial charge in [0.2, 0.25) is 0 Å². The van der Waals surface area contributed by atoms with Crippen molar-refractivity contribution < 1.29 is 9.53 Å². The fourth-order valence-electron chi connectivity index (χ4n) is 5.51. The molecule has 0 atom stereocenters. The number of piperidine rings is 2. The highest BCUT2D eigenvalue weighted by molar-refractivity contribution is 5.92. The Hall–Kier alpha value is -2.18. The van der Waals surface area contributed by atoms with E-state index in [4.69, 9.17) is 4.74 Å². The minimum atomic E-state index is -0.325. The van der Waals surface area contributed by atoms with Crippen LogP contribution in [0, 0.1) is 10.8 Å². The first-order valence-corrected chi connectivity index (χ1v) is 9.07. The lowest BCUT2D eigenvalue weighted by atomic mass is 9.62. The van der Waals surface area contributed by atoms with Gasteiger partial charge in [-0.1, -0.05) is 13.8 Å². The summed E-state index contributed by atoms with van der Waals surface area (Å²) in [5.41, 5.74) is 0.858. The van der Waals surface area contributed by atoms with Crippen LogP contribution in [0.1, 0.15) is 25.6 Å². The first-order chi connectivity index (χ1) is 12.3. The molecule has 136 valence electrons. The Bertz CT molecular complexity index is 955. The van der Waals surface area contributed by atoms with Gasteiger partial charge >= 0.3 is 0 Å². The third-order valence-electron chi connectivity index (χ3n) is 6.35. The van der Waals surface area contributed by atoms with Crippen LogP contribution < -0.4 is 10.3 Å². The molecule has 4 fully saturated rings. The number of Topliss-reactive ketones (excluding diaryl/α,β-unsaturated/α-hetero) is 1. The lowest BCUT2D eigenvalue weighted by Gasteiger charge is -2.64. The molecule has 4 aliphatic rings. The van der Waals surface area contributed by atoms with Crippen molar-refractivity contribution in [1.82, 2.24) is 14.8 Å². The number of H-pyrrole nitrogens is 1. The minimum Gasteiger partial charge on any atom is -0.497 e. The number of ether oxygens (including phenoxy) is 1. The quantitative estimate of drug-likeness (QED) is 0.891. The number of rotatable bonds is 2. The zero-order chi connectivity index (χ0) is 18.3. The average Bonchev–Trinajstić information content (AvgIpc) is 2.58. The van der Waals surface area contributed by atoms with Crippen molar-refractivity contribution >= 4 is 16.7 Å². The Morgan fingerprint density at radius 3 is 2.23 bits per heavy atom. The molecule has 1 aromatic carbocycles. The van der Waals surface area contributed by atoms with Crippen LogP contribution in [-0.2, 0) is 4.79 Å². The lowest BCUT2D eigenvalue weighted by molar-refractivity contribution is -0.197. The van der Waals surface area contributed by atoms with Gasteiger partial charge in [0.1, 0.15) is 11.5 Å². The van der Waals surface area contributed by atoms with Gasteiger partial charge < -0.3 is 9.72 Å². The maximum Gasteiger partial charge on any atom is 0.254 e. The van der Waals surface area contributed by atoms with Crippen LogP contribution in [0.3, 0.4) is 0 Å². The molecule has 2 aromatic rings. The maximum absolute atomic E-state index is 12.8. The number of aromatic nitrogens is 1. The third-order valence-corrected chi connectivity index (χ3v) is 6.35. The first kappa shape index (κ1) is 16.0. The maximum atomic E-state index is 12.8. The fraction of sp³-hybridized carbons (Fsp3) is 0.500. The number of carbonyl (C=O) groups is 1. The van der Waals surface area contributed by atoms with Gasteiger partial charge in [-0.25, -0.2) is 0 Å². The topological polar surface area (TPSA) is 65.6 Å². The molecule has 6 heteroatoms. The van der Waals surface area contributed by atoms with Gasteiger partial charge in [0.05, 0.1) is 24.1 Å². The van der Waals surface area contributed by atoms with E-state index in [9.17, 15) is 9.59 Å². The van der Waals surface area contributed by atoms with E-state index in [-0.39, 0.29) is 22.6 Å². The van der Waals surface area contributed by atoms with Crippen molar-refractivity contribution in [2.75, 3.05) is 33.3 Å². The van der Waals surface area contributed by atoms with Gasteiger partial charge in [-0.15, -0.1) is 0 Å². The molecule has 0 saturated carbocycles. The van der Waals surface area contributed by atoms with Gasteiger partial charge in [-0.3, -0.25) is 19.4 Å². The van der Waals surface area contributed by atoms with Crippen LogP contribution >= 0.6 is 0 Å². The lowest BCUT2D eigenvalue weighted by Crippen LogP contribution is -2.75. The summed E-state index contributed by atoms with van der Waals surface area (Å²) in [5, 5.41) is 0.962. The van der Waals surface area contributed by atoms with Crippen molar-refractivity contribution in [3.63, 3.8) is 0 Å². The Morgan fingerprint density at radius 1 is 1.04 bits per heavy atom. The van der Waals surface area contributed by atoms with Crippen molar-refractivity contribution in [3.8, 4) is 5.75 Å². The Balaban J connectivity index is 1.62. The monoisotopic (exact) mass is 353 g/mol. The van der Waals surface area contributed by atoms with Crippen molar-refractivity contribution in [2.45, 2.75) is 20.0 Å². The molecule has 4 saturated heterocycles. The number of hydrogen-bond acceptors (Lipinski definition) is 5. The second-order valence-corrected chi connectivity index (χ2v) is 8.64. The van der Waals surface area contributed by atoms with Crippen LogP contribution in [0.2, 0.25) is 0 Å². The average molecular weight is 353 g/mol. The molecule has 6 nitrogen and oxygen atoms in total. The molecule has 5 heterocycles. The minimum absolute atomic E-state index is 0.0539. The second kappa shape index (κ2) is 4.96. The fourth-order valence-corrected chi connectivity index (χ4v) is 5.51. The second-order valence-electron chi connectivity index (χ2n) is 8.64. The summed E-state index contributed by atoms with van der Waals surface area (Å²) >= 11 is 0. The van der Waals surface area contributed by atoms with Crippen LogP contribution in [0.4, 0.5) is 0 Å². The van der Waals surface area contributed by atoms with Crippen LogP contribution in [0.15, 0.2) is 29.1 Å². The van der Waals surface area contributed by atoms with Crippen molar-refractivity contribution in [2.24, 2.45) is 10.8 Å². The molecule has 0 radical (unpaired) electrons. The predicted molar refractivity (Wildman–Crippen MR) is 98.2 cm³/mol. The van der Waals surface area contributed by atoms with E-state index in [0.29, 0.717) is 5.78 Å². The molecule has 1 N–H and O–H groups in total. The van der Waals surface area contributed by atoms with E-state index in [1.807, 2.05) is 24.3 Å². The molecule has 0 spiro atoms. The van der Waals surface area contributed by atoms with Crippen molar-refractivity contribution in [1.29, 1.82) is 0 Å². The number of benzene rings is 1. The predicted octanol–water partition coefficient (Wildman–Crippen LogP) is 1.76. The van der Waals surface area contributed by atoms with Gasteiger partial charge in [0, 0.05) is 42.6 Å². The summed E-state index contributed by atoms with van der Waals surface area (Å²) in [6, 6.07) is 7.65. The third kappa shape index (κ3) is 2.00. The molecule has 4 bridgehead atoms. The Kier molecular flexibility index (Phi) is 3.06. The van der Waals surface area contributed by atoms with Crippen LogP contribution in [0.25, 0.3) is 10.9 Å². The summed E-state index contributed by atoms with van der Waals surface area (Å²) in [5.74, 6) is 1.15. The molecule has 0 unspecified atom stereocenters. The highest BCUT2D eigenvalue weighted by Crippen LogP contribution is 2.51. The summed E-state index contributed by atoms with van der Waals surface area (Å²) in [6.45, 7) is 7.02. The van der Waals surface area contributed by atoms with Gasteiger partial charge in [0.15, 0.2) is 0 Å². The number of carbonyl (C=O) groups excluding carboxylic acids is 1. The van der Waals surface area contributed by atoms with Gasteiger partial charge in [-0.05, 0) is 24.3 Å². The number of pyridine rings is 1. The summed E-state index contributed by atoms with van der Waals surface area (Å²) < 4.78 is 5.32. The van der Waals surface area contributed by atoms with E-state index < -0.39 is 0 Å². The number of nitrogens with zero attached hydrogens (tertiary/aromatic N) is 2. The van der Waals surface area contributed by atoms with Crippen molar-refractivity contribution in [3.05, 3.63) is 40.2 Å². The van der Waals surface area contributed by atoms with Crippen LogP contribution in [0.5, 0.6) is 5.75 Å². The highest BCUT2D eigenvalue weighted by Gasteiger charge is 2.62. The van der Waals surface area contributed by atoms with E-state index in [0.717, 1.165) is 48.4 Å². The number of nitrogens with one attached hydrogen (secondary N) is 1. The SMILES string of the molecule is COc1ccc2[nH]c(=O)c(C3N4CC5(C)CN3CC(C)(C4)C5=O)cc2c1. The highest BCUT2D eigenvalue weighted by atomic mass is 16.5. The molecule has 0 aliphatic carbocycles. The molecule has 26 heavy (non-hydrogen) atoms. The number of methoxy groups -OCH3 is 1. The first-order valence-electron chi connectivity index (χ1n) is 9.07. The summed E-state index contributed by atoms with van der Waals surface area (Å²) in [7, 11) is 1.64. The molecule has 6 rings (SSSR count). The van der Waals surface area contributed by atoms with E-state index in [1.54, 1.807) is 7.11 Å². The number of hydrogen-bond donors (Lipinski definition) is 1. The Labute approximate surface area is 151 Å². The van der Waals surface area contributed by atoms with E-state index >= 15 is 0 Å². The normalized spacial score (nSPS) is 38.1. The molecule has 0 amide bonds. The molecule has 4 aliphatic heterocycles. The van der Waals surface area contributed by atoms with Gasteiger partial charge in [-0.2, -0.15) is 0 Å². The molecule has 1 aromatic heterocycles. The summed E-state index contributed by atoms with van der Waals surface area (Å²) in [6.07, 6.45) is -0.0661. The van der Waals surface area contributed by atoms with Gasteiger partial charge in [0.25, 0.3) is 5.56 Å². The smallest absolute Gasteiger partial charge is 0.254 e. The number of ketones is 1. The zero-order valence-corrected chi connectivity index (χ0v) is 15.3. The van der Waals surface area contributed by atoms with E-state index in [1.165, 1.54) is 0 Å². The largest absolute Gasteiger partial charge is 0.497 e. The number of aromatic amines is 1. The molecular formula is C20H23N3O3.